The molecule has 1 aliphatic heterocycles. The third-order valence-electron chi connectivity index (χ3n) is 3.86. The quantitative estimate of drug-likeness (QED) is 0.760. The summed E-state index contributed by atoms with van der Waals surface area (Å²) in [6.45, 7) is 3.80. The second-order valence-electron chi connectivity index (χ2n) is 5.00. The van der Waals surface area contributed by atoms with Crippen molar-refractivity contribution in [1.29, 1.82) is 0 Å². The first-order chi connectivity index (χ1) is 7.30. The summed E-state index contributed by atoms with van der Waals surface area (Å²) in [5.74, 6) is 0. The first-order valence-electron chi connectivity index (χ1n) is 5.88. The van der Waals surface area contributed by atoms with E-state index in [0.717, 1.165) is 5.69 Å². The topological polar surface area (TPSA) is 29.3 Å². The van der Waals surface area contributed by atoms with Gasteiger partial charge in [-0.2, -0.15) is 0 Å². The van der Waals surface area contributed by atoms with Crippen molar-refractivity contribution in [3.8, 4) is 0 Å². The molecular formula is C13H18N2. The summed E-state index contributed by atoms with van der Waals surface area (Å²) in [4.78, 5) is 2.56. The summed E-state index contributed by atoms with van der Waals surface area (Å²) in [5.41, 5.74) is 8.84. The summed E-state index contributed by atoms with van der Waals surface area (Å²) < 4.78 is 0. The molecule has 0 spiro atoms. The fourth-order valence-corrected chi connectivity index (χ4v) is 2.61. The van der Waals surface area contributed by atoms with E-state index in [1.54, 1.807) is 0 Å². The normalized spacial score (nSPS) is 23.5. The van der Waals surface area contributed by atoms with Gasteiger partial charge in [0.2, 0.25) is 0 Å². The molecule has 1 aromatic rings. The van der Waals surface area contributed by atoms with Crippen molar-refractivity contribution in [2.75, 3.05) is 25.4 Å². The Kier molecular flexibility index (Phi) is 1.99. The molecule has 2 fully saturated rings. The van der Waals surface area contributed by atoms with Crippen LogP contribution in [0.2, 0.25) is 0 Å². The highest BCUT2D eigenvalue weighted by Gasteiger charge is 2.46. The summed E-state index contributed by atoms with van der Waals surface area (Å²) in [6.07, 6.45) is 4.01. The molecule has 0 aromatic heterocycles. The van der Waals surface area contributed by atoms with Crippen LogP contribution in [0, 0.1) is 0 Å². The molecule has 0 radical (unpaired) electrons. The standard InChI is InChI=1S/C13H18N2/c14-12-5-2-1-4-11(12)13(6-7-13)10-15-8-3-9-15/h1-2,4-5H,3,6-10,14H2. The molecule has 1 aliphatic carbocycles. The van der Waals surface area contributed by atoms with Crippen LogP contribution in [-0.2, 0) is 5.41 Å². The van der Waals surface area contributed by atoms with E-state index in [0.29, 0.717) is 5.41 Å². The maximum absolute atomic E-state index is 6.06. The highest BCUT2D eigenvalue weighted by molar-refractivity contribution is 5.53. The molecule has 0 bridgehead atoms. The van der Waals surface area contributed by atoms with E-state index < -0.39 is 0 Å². The van der Waals surface area contributed by atoms with Gasteiger partial charge in [0, 0.05) is 17.6 Å². The van der Waals surface area contributed by atoms with Crippen LogP contribution in [0.1, 0.15) is 24.8 Å². The molecule has 80 valence electrons. The van der Waals surface area contributed by atoms with E-state index in [-0.39, 0.29) is 0 Å². The van der Waals surface area contributed by atoms with E-state index in [1.807, 2.05) is 12.1 Å². The predicted molar refractivity (Wildman–Crippen MR) is 62.8 cm³/mol. The average molecular weight is 202 g/mol. The summed E-state index contributed by atoms with van der Waals surface area (Å²) >= 11 is 0. The maximum Gasteiger partial charge on any atom is 0.0352 e. The Morgan fingerprint density at radius 2 is 1.93 bits per heavy atom. The third-order valence-corrected chi connectivity index (χ3v) is 3.86. The first-order valence-corrected chi connectivity index (χ1v) is 5.88. The molecule has 1 heterocycles. The SMILES string of the molecule is Nc1ccccc1C1(CN2CCC2)CC1. The zero-order valence-electron chi connectivity index (χ0n) is 9.08. The fraction of sp³-hybridized carbons (Fsp3) is 0.538. The van der Waals surface area contributed by atoms with Gasteiger partial charge in [-0.15, -0.1) is 0 Å². The van der Waals surface area contributed by atoms with Gasteiger partial charge in [-0.3, -0.25) is 0 Å². The Morgan fingerprint density at radius 3 is 2.47 bits per heavy atom. The molecule has 2 aliphatic rings. The number of hydrogen-bond acceptors (Lipinski definition) is 2. The Morgan fingerprint density at radius 1 is 1.20 bits per heavy atom. The number of nitrogens with zero attached hydrogens (tertiary/aromatic N) is 1. The van der Waals surface area contributed by atoms with Crippen molar-refractivity contribution in [2.24, 2.45) is 0 Å². The number of para-hydroxylation sites is 1. The zero-order valence-corrected chi connectivity index (χ0v) is 9.08. The lowest BCUT2D eigenvalue weighted by atomic mass is 9.92. The lowest BCUT2D eigenvalue weighted by molar-refractivity contribution is 0.164. The number of benzene rings is 1. The minimum absolute atomic E-state index is 0.408. The van der Waals surface area contributed by atoms with Gasteiger partial charge in [0.1, 0.15) is 0 Å². The Hall–Kier alpha value is -1.02. The monoisotopic (exact) mass is 202 g/mol. The van der Waals surface area contributed by atoms with Gasteiger partial charge in [-0.25, -0.2) is 0 Å². The van der Waals surface area contributed by atoms with Crippen LogP contribution in [0.3, 0.4) is 0 Å². The van der Waals surface area contributed by atoms with Crippen LogP contribution in [-0.4, -0.2) is 24.5 Å². The lowest BCUT2D eigenvalue weighted by Crippen LogP contribution is -2.42. The van der Waals surface area contributed by atoms with Gasteiger partial charge in [0.15, 0.2) is 0 Å². The third kappa shape index (κ3) is 1.53. The predicted octanol–water partition coefficient (Wildman–Crippen LogP) is 2.01. The molecule has 1 aromatic carbocycles. The van der Waals surface area contributed by atoms with Crippen molar-refractivity contribution in [1.82, 2.24) is 4.90 Å². The van der Waals surface area contributed by atoms with Crippen LogP contribution in [0.15, 0.2) is 24.3 Å². The second-order valence-corrected chi connectivity index (χ2v) is 5.00. The number of likely N-dealkylation sites (tertiary alicyclic amines) is 1. The van der Waals surface area contributed by atoms with Crippen molar-refractivity contribution in [3.63, 3.8) is 0 Å². The van der Waals surface area contributed by atoms with E-state index in [2.05, 4.69) is 17.0 Å². The molecule has 3 rings (SSSR count). The van der Waals surface area contributed by atoms with Crippen LogP contribution in [0.25, 0.3) is 0 Å². The molecular weight excluding hydrogens is 184 g/mol. The first kappa shape index (κ1) is 9.22. The van der Waals surface area contributed by atoms with Gasteiger partial charge in [0.25, 0.3) is 0 Å². The molecule has 0 atom stereocenters. The Bertz CT molecular complexity index is 365. The number of nitrogens with two attached hydrogens (primary N) is 1. The van der Waals surface area contributed by atoms with Crippen molar-refractivity contribution in [2.45, 2.75) is 24.7 Å². The van der Waals surface area contributed by atoms with Crippen LogP contribution in [0.5, 0.6) is 0 Å². The van der Waals surface area contributed by atoms with Gasteiger partial charge in [-0.05, 0) is 44.0 Å². The largest absolute Gasteiger partial charge is 0.398 e. The highest BCUT2D eigenvalue weighted by Crippen LogP contribution is 2.50. The van der Waals surface area contributed by atoms with E-state index in [9.17, 15) is 0 Å². The Balaban J connectivity index is 1.83. The lowest BCUT2D eigenvalue weighted by Gasteiger charge is -2.34. The van der Waals surface area contributed by atoms with Crippen LogP contribution in [0.4, 0.5) is 5.69 Å². The maximum atomic E-state index is 6.06. The molecule has 2 nitrogen and oxygen atoms in total. The van der Waals surface area contributed by atoms with Gasteiger partial charge >= 0.3 is 0 Å². The summed E-state index contributed by atoms with van der Waals surface area (Å²) in [6, 6.07) is 8.38. The molecule has 0 unspecified atom stereocenters. The second kappa shape index (κ2) is 3.24. The van der Waals surface area contributed by atoms with Gasteiger partial charge in [0.05, 0.1) is 0 Å². The smallest absolute Gasteiger partial charge is 0.0352 e. The zero-order chi connectivity index (χ0) is 10.3. The minimum Gasteiger partial charge on any atom is -0.398 e. The number of hydrogen-bond donors (Lipinski definition) is 1. The van der Waals surface area contributed by atoms with Crippen molar-refractivity contribution >= 4 is 5.69 Å². The molecule has 2 heteroatoms. The molecule has 1 saturated carbocycles. The molecule has 2 N–H and O–H groups in total. The van der Waals surface area contributed by atoms with Crippen molar-refractivity contribution < 1.29 is 0 Å². The number of rotatable bonds is 3. The summed E-state index contributed by atoms with van der Waals surface area (Å²) in [5, 5.41) is 0. The molecule has 15 heavy (non-hydrogen) atoms. The van der Waals surface area contributed by atoms with E-state index >= 15 is 0 Å². The van der Waals surface area contributed by atoms with Crippen LogP contribution < -0.4 is 5.73 Å². The average Bonchev–Trinajstić information content (AvgIpc) is 2.94. The molecule has 1 saturated heterocycles. The fourth-order valence-electron chi connectivity index (χ4n) is 2.61. The van der Waals surface area contributed by atoms with Gasteiger partial charge < -0.3 is 10.6 Å². The van der Waals surface area contributed by atoms with Crippen molar-refractivity contribution in [3.05, 3.63) is 29.8 Å². The van der Waals surface area contributed by atoms with Crippen LogP contribution >= 0.6 is 0 Å². The molecule has 0 amide bonds. The van der Waals surface area contributed by atoms with E-state index in [4.69, 9.17) is 5.73 Å². The number of nitrogen functional groups attached to an aromatic ring is 1. The highest BCUT2D eigenvalue weighted by atomic mass is 15.2. The number of anilines is 1. The minimum atomic E-state index is 0.408. The van der Waals surface area contributed by atoms with Gasteiger partial charge in [-0.1, -0.05) is 18.2 Å². The summed E-state index contributed by atoms with van der Waals surface area (Å²) in [7, 11) is 0. The van der Waals surface area contributed by atoms with E-state index in [1.165, 1.54) is 44.5 Å². The Labute approximate surface area is 91.1 Å².